The molecular formula is C28H36F5N7O3S. The summed E-state index contributed by atoms with van der Waals surface area (Å²) in [5, 5.41) is 19.9. The molecule has 2 amide bonds. The van der Waals surface area contributed by atoms with Crippen molar-refractivity contribution in [3.8, 4) is 0 Å². The quantitative estimate of drug-likeness (QED) is 0.255. The first kappa shape index (κ1) is 32.0. The van der Waals surface area contributed by atoms with E-state index in [1.807, 2.05) is 0 Å². The van der Waals surface area contributed by atoms with E-state index in [1.54, 1.807) is 4.90 Å². The highest BCUT2D eigenvalue weighted by molar-refractivity contribution is 7.91. The van der Waals surface area contributed by atoms with Gasteiger partial charge in [0.1, 0.15) is 15.7 Å². The first-order valence-corrected chi connectivity index (χ1v) is 16.3. The van der Waals surface area contributed by atoms with Crippen molar-refractivity contribution in [3.05, 3.63) is 40.1 Å². The number of amidine groups is 1. The van der Waals surface area contributed by atoms with E-state index < -0.39 is 39.6 Å². The Morgan fingerprint density at radius 2 is 1.84 bits per heavy atom. The van der Waals surface area contributed by atoms with Crippen molar-refractivity contribution in [1.82, 2.24) is 20.5 Å². The Kier molecular flexibility index (Phi) is 8.84. The van der Waals surface area contributed by atoms with Gasteiger partial charge in [-0.05, 0) is 42.9 Å². The van der Waals surface area contributed by atoms with Crippen LogP contribution in [0.15, 0.2) is 28.5 Å². The van der Waals surface area contributed by atoms with Gasteiger partial charge in [-0.25, -0.2) is 22.0 Å². The Hall–Kier alpha value is -3.43. The van der Waals surface area contributed by atoms with Crippen LogP contribution < -0.4 is 15.5 Å². The third kappa shape index (κ3) is 6.49. The van der Waals surface area contributed by atoms with Crippen LogP contribution in [0.5, 0.6) is 0 Å². The number of likely N-dealkylation sites (N-methyl/N-ethyl adjacent to an activating group) is 1. The maximum absolute atomic E-state index is 14.5. The first-order valence-electron chi connectivity index (χ1n) is 14.5. The fourth-order valence-electron chi connectivity index (χ4n) is 6.45. The number of sulfone groups is 1. The number of amides is 2. The van der Waals surface area contributed by atoms with Gasteiger partial charge in [0, 0.05) is 68.7 Å². The van der Waals surface area contributed by atoms with Crippen LogP contribution in [0.25, 0.3) is 0 Å². The smallest absolute Gasteiger partial charge is 0.385 e. The van der Waals surface area contributed by atoms with Gasteiger partial charge < -0.3 is 20.4 Å². The van der Waals surface area contributed by atoms with Gasteiger partial charge in [0.05, 0.1) is 24.0 Å². The topological polar surface area (TPSA) is 121 Å². The number of nitrogens with zero attached hydrogens (tertiary/aromatic N) is 4. The molecule has 1 atom stereocenters. The van der Waals surface area contributed by atoms with Crippen LogP contribution in [-0.2, 0) is 16.3 Å². The molecule has 0 spiro atoms. The van der Waals surface area contributed by atoms with Gasteiger partial charge in [0.2, 0.25) is 0 Å². The molecule has 16 heteroatoms. The zero-order valence-electron chi connectivity index (χ0n) is 24.5. The molecule has 0 radical (unpaired) electrons. The summed E-state index contributed by atoms with van der Waals surface area (Å²) in [6.07, 6.45) is -5.70. The van der Waals surface area contributed by atoms with Crippen LogP contribution in [0.3, 0.4) is 0 Å². The molecule has 0 aromatic heterocycles. The summed E-state index contributed by atoms with van der Waals surface area (Å²) < 4.78 is 94.3. The molecule has 1 unspecified atom stereocenters. The molecule has 1 aromatic rings. The van der Waals surface area contributed by atoms with E-state index in [-0.39, 0.29) is 48.1 Å². The second-order valence-corrected chi connectivity index (χ2v) is 13.9. The summed E-state index contributed by atoms with van der Waals surface area (Å²) in [6.45, 7) is 0.551. The number of carbonyl (C=O) groups is 1. The maximum atomic E-state index is 14.5. The number of aryl methyl sites for hydroxylation is 1. The average Bonchev–Trinajstić information content (AvgIpc) is 3.38. The molecule has 1 fully saturated rings. The normalized spacial score (nSPS) is 22.7. The number of benzene rings is 1. The van der Waals surface area contributed by atoms with Crippen molar-refractivity contribution < 1.29 is 35.2 Å². The Morgan fingerprint density at radius 1 is 1.14 bits per heavy atom. The Labute approximate surface area is 252 Å². The van der Waals surface area contributed by atoms with E-state index >= 15 is 0 Å². The minimum Gasteiger partial charge on any atom is -0.385 e. The summed E-state index contributed by atoms with van der Waals surface area (Å²) in [4.78, 5) is 15.6. The molecule has 0 aliphatic carbocycles. The monoisotopic (exact) mass is 645 g/mol. The number of urea groups is 1. The van der Waals surface area contributed by atoms with Gasteiger partial charge in [-0.2, -0.15) is 18.3 Å². The molecule has 1 saturated heterocycles. The summed E-state index contributed by atoms with van der Waals surface area (Å²) in [5.74, 6) is -1.28. The Bertz CT molecular complexity index is 1480. The van der Waals surface area contributed by atoms with Gasteiger partial charge in [0.15, 0.2) is 5.71 Å². The highest BCUT2D eigenvalue weighted by Crippen LogP contribution is 2.42. The number of rotatable bonds is 5. The van der Waals surface area contributed by atoms with E-state index in [0.29, 0.717) is 67.7 Å². The van der Waals surface area contributed by atoms with Crippen molar-refractivity contribution in [3.63, 3.8) is 0 Å². The number of anilines is 1. The number of hydrogen-bond donors (Lipinski definition) is 3. The second kappa shape index (κ2) is 12.2. The van der Waals surface area contributed by atoms with Crippen LogP contribution in [-0.4, -0.2) is 99.9 Å². The molecule has 44 heavy (non-hydrogen) atoms. The SMILES string of the molecule is CNC(=O)N1CCC(NC2CCS(=O)(=O)CC2)=C(C(=N)N2CCCc3cc(C4CN(C)N=C4C(F)(F)F)c(C(F)F)cc32)C1. The molecule has 0 bridgehead atoms. The van der Waals surface area contributed by atoms with Crippen LogP contribution in [0.4, 0.5) is 32.4 Å². The fraction of sp³-hybridized carbons (Fsp3) is 0.607. The average molecular weight is 646 g/mol. The highest BCUT2D eigenvalue weighted by atomic mass is 32.2. The van der Waals surface area contributed by atoms with Crippen molar-refractivity contribution in [2.75, 3.05) is 56.7 Å². The lowest BCUT2D eigenvalue weighted by Crippen LogP contribution is -2.49. The fourth-order valence-corrected chi connectivity index (χ4v) is 7.94. The Morgan fingerprint density at radius 3 is 2.48 bits per heavy atom. The van der Waals surface area contributed by atoms with Crippen molar-refractivity contribution in [2.24, 2.45) is 5.10 Å². The molecule has 4 aliphatic heterocycles. The molecule has 4 aliphatic rings. The van der Waals surface area contributed by atoms with Gasteiger partial charge in [-0.3, -0.25) is 10.4 Å². The number of alkyl halides is 5. The molecule has 0 saturated carbocycles. The number of fused-ring (bicyclic) bond motifs is 1. The third-order valence-corrected chi connectivity index (χ3v) is 10.4. The zero-order valence-corrected chi connectivity index (χ0v) is 25.3. The summed E-state index contributed by atoms with van der Waals surface area (Å²) >= 11 is 0. The maximum Gasteiger partial charge on any atom is 0.431 e. The van der Waals surface area contributed by atoms with E-state index in [2.05, 4.69) is 15.7 Å². The van der Waals surface area contributed by atoms with Crippen LogP contribution in [0, 0.1) is 5.41 Å². The van der Waals surface area contributed by atoms with E-state index in [9.17, 15) is 40.6 Å². The standard InChI is InChI=1S/C28H36F5N7O3S/c1-35-27(41)39-9-5-22(36-17-6-10-44(42,43)11-7-17)21(15-39)26(34)40-8-3-4-16-12-18(19(25(29)30)13-23(16)40)20-14-38(2)37-24(20)28(31,32)33/h12-13,17,20,25,34,36H,3-11,14-15H2,1-2H3,(H,35,41). The largest absolute Gasteiger partial charge is 0.431 e. The zero-order chi connectivity index (χ0) is 32.0. The molecular weight excluding hydrogens is 609 g/mol. The third-order valence-electron chi connectivity index (χ3n) is 8.69. The van der Waals surface area contributed by atoms with Crippen molar-refractivity contribution >= 4 is 33.1 Å². The van der Waals surface area contributed by atoms with E-state index in [0.717, 1.165) is 5.01 Å². The predicted molar refractivity (Wildman–Crippen MR) is 156 cm³/mol. The minimum atomic E-state index is -4.78. The summed E-state index contributed by atoms with van der Waals surface area (Å²) in [7, 11) is -0.235. The number of halogens is 5. The van der Waals surface area contributed by atoms with Gasteiger partial charge >= 0.3 is 12.2 Å². The van der Waals surface area contributed by atoms with Gasteiger partial charge in [-0.15, -0.1) is 0 Å². The molecule has 10 nitrogen and oxygen atoms in total. The van der Waals surface area contributed by atoms with Crippen LogP contribution in [0.2, 0.25) is 0 Å². The lowest BCUT2D eigenvalue weighted by Gasteiger charge is -2.38. The Balaban J connectivity index is 1.51. The van der Waals surface area contributed by atoms with E-state index in [4.69, 9.17) is 0 Å². The number of hydrogen-bond acceptors (Lipinski definition) is 7. The lowest BCUT2D eigenvalue weighted by atomic mass is 9.86. The molecule has 242 valence electrons. The minimum absolute atomic E-state index is 0.00315. The highest BCUT2D eigenvalue weighted by Gasteiger charge is 2.46. The van der Waals surface area contributed by atoms with Crippen LogP contribution >= 0.6 is 0 Å². The first-order chi connectivity index (χ1) is 20.7. The van der Waals surface area contributed by atoms with Gasteiger partial charge in [-0.1, -0.05) is 6.07 Å². The number of nitrogens with one attached hydrogen (secondary N) is 3. The molecule has 1 aromatic carbocycles. The van der Waals surface area contributed by atoms with E-state index in [1.165, 1.54) is 31.1 Å². The van der Waals surface area contributed by atoms with Crippen molar-refractivity contribution in [2.45, 2.75) is 56.7 Å². The number of carbonyl (C=O) groups excluding carboxylic acids is 1. The lowest BCUT2D eigenvalue weighted by molar-refractivity contribution is -0.0608. The summed E-state index contributed by atoms with van der Waals surface area (Å²) in [6, 6.07) is 2.13. The molecule has 4 heterocycles. The number of hydrazone groups is 1. The predicted octanol–water partition coefficient (Wildman–Crippen LogP) is 3.77. The molecule has 3 N–H and O–H groups in total. The van der Waals surface area contributed by atoms with Crippen molar-refractivity contribution in [1.29, 1.82) is 5.41 Å². The van der Waals surface area contributed by atoms with Gasteiger partial charge in [0.25, 0.3) is 6.43 Å². The second-order valence-electron chi connectivity index (χ2n) is 11.6. The summed E-state index contributed by atoms with van der Waals surface area (Å²) in [5.41, 5.74) is 0.282. The molecule has 5 rings (SSSR count). The van der Waals surface area contributed by atoms with Crippen LogP contribution in [0.1, 0.15) is 54.7 Å².